The first kappa shape index (κ1) is 20.0. The van der Waals surface area contributed by atoms with Gasteiger partial charge >= 0.3 is 7.82 Å². The summed E-state index contributed by atoms with van der Waals surface area (Å²) in [5.41, 5.74) is 0.869. The van der Waals surface area contributed by atoms with Gasteiger partial charge in [0.25, 0.3) is 0 Å². The van der Waals surface area contributed by atoms with Crippen LogP contribution in [-0.2, 0) is 11.0 Å². The molecule has 0 heterocycles. The second-order valence-corrected chi connectivity index (χ2v) is 7.75. The average Bonchev–Trinajstić information content (AvgIpc) is 2.57. The number of aryl methyl sites for hydroxylation is 1. The summed E-state index contributed by atoms with van der Waals surface area (Å²) < 4.78 is 16.4. The van der Waals surface area contributed by atoms with Crippen molar-refractivity contribution in [2.24, 2.45) is 0 Å². The zero-order chi connectivity index (χ0) is 18.1. The van der Waals surface area contributed by atoms with E-state index in [9.17, 15) is 14.4 Å². The molecule has 0 saturated heterocycles. The molecular weight excluding hydrogens is 335 g/mol. The molecule has 138 valence electrons. The van der Waals surface area contributed by atoms with Gasteiger partial charge in [-0.2, -0.15) is 0 Å². The van der Waals surface area contributed by atoms with Crippen LogP contribution in [0, 0.1) is 0 Å². The molecule has 0 spiro atoms. The van der Waals surface area contributed by atoms with E-state index in [4.69, 9.17) is 4.52 Å². The summed E-state index contributed by atoms with van der Waals surface area (Å²) in [7, 11) is -4.58. The molecule has 0 atom stereocenters. The van der Waals surface area contributed by atoms with Gasteiger partial charge in [0, 0.05) is 5.39 Å². The number of benzene rings is 2. The first-order valence-corrected chi connectivity index (χ1v) is 10.8. The van der Waals surface area contributed by atoms with E-state index in [1.54, 1.807) is 0 Å². The van der Waals surface area contributed by atoms with Gasteiger partial charge in [-0.15, -0.1) is 0 Å². The van der Waals surface area contributed by atoms with Crippen molar-refractivity contribution >= 4 is 18.6 Å². The molecule has 0 aliphatic rings. The summed E-state index contributed by atoms with van der Waals surface area (Å²) in [5.74, 6) is 0.328. The topological polar surface area (TPSA) is 66.8 Å². The smallest absolute Gasteiger partial charge is 0.403 e. The largest absolute Gasteiger partial charge is 0.524 e. The molecule has 2 N–H and O–H groups in total. The fourth-order valence-electron chi connectivity index (χ4n) is 3.16. The van der Waals surface area contributed by atoms with Crippen LogP contribution in [0.2, 0.25) is 0 Å². The molecule has 0 aromatic heterocycles. The third-order valence-electron chi connectivity index (χ3n) is 4.47. The number of unbranched alkanes of at least 4 members (excludes halogenated alkanes) is 7. The molecule has 2 rings (SSSR count). The van der Waals surface area contributed by atoms with Gasteiger partial charge in [-0.05, 0) is 23.8 Å². The highest BCUT2D eigenvalue weighted by Crippen LogP contribution is 2.43. The number of phosphoric ester groups is 1. The molecule has 0 bridgehead atoms. The van der Waals surface area contributed by atoms with Gasteiger partial charge in [0.05, 0.1) is 0 Å². The fourth-order valence-corrected chi connectivity index (χ4v) is 3.61. The van der Waals surface area contributed by atoms with Gasteiger partial charge in [0.2, 0.25) is 0 Å². The summed E-state index contributed by atoms with van der Waals surface area (Å²) in [6.45, 7) is 2.22. The molecule has 0 amide bonds. The van der Waals surface area contributed by atoms with Crippen molar-refractivity contribution in [3.05, 3.63) is 42.0 Å². The van der Waals surface area contributed by atoms with Crippen LogP contribution in [0.5, 0.6) is 5.75 Å². The Morgan fingerprint density at radius 2 is 1.52 bits per heavy atom. The Kier molecular flexibility index (Phi) is 7.95. The highest BCUT2D eigenvalue weighted by molar-refractivity contribution is 7.46. The van der Waals surface area contributed by atoms with Crippen molar-refractivity contribution in [1.82, 2.24) is 0 Å². The van der Waals surface area contributed by atoms with E-state index in [0.29, 0.717) is 5.75 Å². The van der Waals surface area contributed by atoms with Crippen LogP contribution in [0.4, 0.5) is 0 Å². The van der Waals surface area contributed by atoms with Crippen molar-refractivity contribution in [3.63, 3.8) is 0 Å². The number of phosphoric acid groups is 1. The van der Waals surface area contributed by atoms with Gasteiger partial charge in [-0.1, -0.05) is 88.3 Å². The highest BCUT2D eigenvalue weighted by atomic mass is 31.2. The maximum atomic E-state index is 11.4. The SMILES string of the molecule is CCCCCCCCCCc1ccc2ccccc2c1OP(=O)(O)O. The summed E-state index contributed by atoms with van der Waals surface area (Å²) in [6, 6.07) is 11.4. The minimum absolute atomic E-state index is 0.328. The van der Waals surface area contributed by atoms with Crippen LogP contribution in [0.3, 0.4) is 0 Å². The second-order valence-electron chi connectivity index (χ2n) is 6.58. The molecule has 4 nitrogen and oxygen atoms in total. The Morgan fingerprint density at radius 1 is 0.880 bits per heavy atom. The Morgan fingerprint density at radius 3 is 2.20 bits per heavy atom. The second kappa shape index (κ2) is 9.96. The van der Waals surface area contributed by atoms with Crippen molar-refractivity contribution < 1.29 is 18.9 Å². The van der Waals surface area contributed by atoms with Crippen LogP contribution in [-0.4, -0.2) is 9.79 Å². The Labute approximate surface area is 150 Å². The maximum Gasteiger partial charge on any atom is 0.524 e. The van der Waals surface area contributed by atoms with E-state index in [-0.39, 0.29) is 0 Å². The maximum absolute atomic E-state index is 11.4. The van der Waals surface area contributed by atoms with Crippen molar-refractivity contribution in [3.8, 4) is 5.75 Å². The normalized spacial score (nSPS) is 11.8. The lowest BCUT2D eigenvalue weighted by Crippen LogP contribution is -1.97. The van der Waals surface area contributed by atoms with Crippen LogP contribution in [0.15, 0.2) is 36.4 Å². The summed E-state index contributed by atoms with van der Waals surface area (Å²) >= 11 is 0. The Bertz CT molecular complexity index is 708. The van der Waals surface area contributed by atoms with Crippen molar-refractivity contribution in [1.29, 1.82) is 0 Å². The first-order chi connectivity index (χ1) is 12.0. The van der Waals surface area contributed by atoms with E-state index in [0.717, 1.165) is 35.6 Å². The predicted octanol–water partition coefficient (Wildman–Crippen LogP) is 5.99. The van der Waals surface area contributed by atoms with Crippen LogP contribution in [0.25, 0.3) is 10.8 Å². The zero-order valence-electron chi connectivity index (χ0n) is 15.0. The number of fused-ring (bicyclic) bond motifs is 1. The van der Waals surface area contributed by atoms with E-state index < -0.39 is 7.82 Å². The molecule has 2 aromatic carbocycles. The monoisotopic (exact) mass is 364 g/mol. The first-order valence-electron chi connectivity index (χ1n) is 9.27. The van der Waals surface area contributed by atoms with Gasteiger partial charge in [-0.3, -0.25) is 9.79 Å². The third kappa shape index (κ3) is 6.81. The van der Waals surface area contributed by atoms with Crippen molar-refractivity contribution in [2.75, 3.05) is 0 Å². The zero-order valence-corrected chi connectivity index (χ0v) is 15.9. The van der Waals surface area contributed by atoms with Crippen LogP contribution >= 0.6 is 7.82 Å². The molecular formula is C20H29O4P. The fraction of sp³-hybridized carbons (Fsp3) is 0.500. The quantitative estimate of drug-likeness (QED) is 0.379. The van der Waals surface area contributed by atoms with E-state index in [1.165, 1.54) is 38.5 Å². The lowest BCUT2D eigenvalue weighted by molar-refractivity contribution is 0.283. The lowest BCUT2D eigenvalue weighted by Gasteiger charge is -2.15. The van der Waals surface area contributed by atoms with Gasteiger partial charge < -0.3 is 4.52 Å². The summed E-state index contributed by atoms with van der Waals surface area (Å²) in [6.07, 6.45) is 10.6. The summed E-state index contributed by atoms with van der Waals surface area (Å²) in [4.78, 5) is 18.5. The van der Waals surface area contributed by atoms with E-state index in [2.05, 4.69) is 6.92 Å². The standard InChI is InChI=1S/C20H29O4P/c1-2-3-4-5-6-7-8-9-13-18-16-15-17-12-10-11-14-19(17)20(18)24-25(21,22)23/h10-12,14-16H,2-9,13H2,1H3,(H2,21,22,23). The molecule has 5 heteroatoms. The Balaban J connectivity index is 1.97. The Hall–Kier alpha value is -1.35. The predicted molar refractivity (Wildman–Crippen MR) is 103 cm³/mol. The molecule has 0 unspecified atom stereocenters. The number of hydrogen-bond acceptors (Lipinski definition) is 2. The molecule has 0 aliphatic heterocycles. The third-order valence-corrected chi connectivity index (χ3v) is 4.89. The summed E-state index contributed by atoms with van der Waals surface area (Å²) in [5, 5.41) is 1.67. The number of rotatable bonds is 11. The van der Waals surface area contributed by atoms with Crippen LogP contribution in [0.1, 0.15) is 63.9 Å². The molecule has 2 aromatic rings. The molecule has 0 aliphatic carbocycles. The highest BCUT2D eigenvalue weighted by Gasteiger charge is 2.20. The molecule has 0 radical (unpaired) electrons. The van der Waals surface area contributed by atoms with Gasteiger partial charge in [0.1, 0.15) is 5.75 Å². The average molecular weight is 364 g/mol. The van der Waals surface area contributed by atoms with Crippen LogP contribution < -0.4 is 4.52 Å². The van der Waals surface area contributed by atoms with Gasteiger partial charge in [0.15, 0.2) is 0 Å². The van der Waals surface area contributed by atoms with Gasteiger partial charge in [-0.25, -0.2) is 4.57 Å². The van der Waals surface area contributed by atoms with E-state index >= 15 is 0 Å². The minimum atomic E-state index is -4.58. The minimum Gasteiger partial charge on any atom is -0.403 e. The molecule has 25 heavy (non-hydrogen) atoms. The van der Waals surface area contributed by atoms with Crippen molar-refractivity contribution in [2.45, 2.75) is 64.7 Å². The number of hydrogen-bond donors (Lipinski definition) is 2. The van der Waals surface area contributed by atoms with E-state index in [1.807, 2.05) is 36.4 Å². The molecule has 0 saturated carbocycles. The lowest BCUT2D eigenvalue weighted by atomic mass is 10.00. The molecule has 0 fully saturated rings.